The Hall–Kier alpha value is -0.590. The number of nitrogens with one attached hydrogen (secondary N) is 1. The van der Waals surface area contributed by atoms with Crippen molar-refractivity contribution in [1.29, 1.82) is 0 Å². The van der Waals surface area contributed by atoms with Crippen LogP contribution in [-0.4, -0.2) is 52.7 Å². The minimum Gasteiger partial charge on any atom is -0.339 e. The predicted molar refractivity (Wildman–Crippen MR) is 78.5 cm³/mol. The zero-order valence-electron chi connectivity index (χ0n) is 12.1. The van der Waals surface area contributed by atoms with E-state index in [2.05, 4.69) is 41.3 Å². The fourth-order valence-electron chi connectivity index (χ4n) is 2.17. The Morgan fingerprint density at radius 2 is 2.42 bits per heavy atom. The Kier molecular flexibility index (Phi) is 5.66. The smallest absolute Gasteiger partial charge is 0.228 e. The number of thioether (sulfide) groups is 1. The summed E-state index contributed by atoms with van der Waals surface area (Å²) in [6, 6.07) is 0.682. The standard InChI is InChI=1S/C13H24N4OS/c1-4-5-14-10(2)8-12-15-13(16-18-12)11-9-19-7-6-17(11)3/h10-11,14H,4-9H2,1-3H3. The summed E-state index contributed by atoms with van der Waals surface area (Å²) in [5.74, 6) is 3.83. The van der Waals surface area contributed by atoms with E-state index in [1.165, 1.54) is 5.75 Å². The highest BCUT2D eigenvalue weighted by molar-refractivity contribution is 7.99. The topological polar surface area (TPSA) is 54.2 Å². The van der Waals surface area contributed by atoms with Crippen molar-refractivity contribution in [2.24, 2.45) is 0 Å². The Bertz CT molecular complexity index is 384. The molecule has 6 heteroatoms. The predicted octanol–water partition coefficient (Wildman–Crippen LogP) is 1.72. The summed E-state index contributed by atoms with van der Waals surface area (Å²) in [6.45, 7) is 6.45. The first-order valence-corrected chi connectivity index (χ1v) is 8.20. The fraction of sp³-hybridized carbons (Fsp3) is 0.846. The van der Waals surface area contributed by atoms with E-state index in [9.17, 15) is 0 Å². The molecule has 1 saturated heterocycles. The molecule has 1 aliphatic rings. The molecule has 0 amide bonds. The van der Waals surface area contributed by atoms with Gasteiger partial charge >= 0.3 is 0 Å². The molecule has 0 spiro atoms. The first-order valence-electron chi connectivity index (χ1n) is 7.04. The van der Waals surface area contributed by atoms with Crippen molar-refractivity contribution in [1.82, 2.24) is 20.4 Å². The molecule has 1 fully saturated rings. The molecule has 2 unspecified atom stereocenters. The van der Waals surface area contributed by atoms with E-state index in [0.29, 0.717) is 12.1 Å². The van der Waals surface area contributed by atoms with E-state index in [4.69, 9.17) is 4.52 Å². The van der Waals surface area contributed by atoms with E-state index in [1.54, 1.807) is 0 Å². The molecule has 19 heavy (non-hydrogen) atoms. The van der Waals surface area contributed by atoms with E-state index in [1.807, 2.05) is 11.8 Å². The van der Waals surface area contributed by atoms with Crippen LogP contribution in [0.1, 0.15) is 38.0 Å². The molecule has 2 heterocycles. The normalized spacial score (nSPS) is 22.6. The van der Waals surface area contributed by atoms with Gasteiger partial charge in [-0.25, -0.2) is 0 Å². The largest absolute Gasteiger partial charge is 0.339 e. The second kappa shape index (κ2) is 7.26. The minimum absolute atomic E-state index is 0.301. The fourth-order valence-corrected chi connectivity index (χ4v) is 3.38. The molecule has 2 atom stereocenters. The number of hydrogen-bond acceptors (Lipinski definition) is 6. The van der Waals surface area contributed by atoms with Crippen molar-refractivity contribution in [2.45, 2.75) is 38.8 Å². The maximum absolute atomic E-state index is 5.38. The highest BCUT2D eigenvalue weighted by Crippen LogP contribution is 2.26. The van der Waals surface area contributed by atoms with Gasteiger partial charge in [0.05, 0.1) is 6.04 Å². The molecule has 0 saturated carbocycles. The summed E-state index contributed by atoms with van der Waals surface area (Å²) >= 11 is 1.96. The summed E-state index contributed by atoms with van der Waals surface area (Å²) in [5.41, 5.74) is 0. The van der Waals surface area contributed by atoms with Crippen LogP contribution >= 0.6 is 11.8 Å². The molecule has 0 radical (unpaired) electrons. The van der Waals surface area contributed by atoms with Crippen LogP contribution < -0.4 is 5.32 Å². The van der Waals surface area contributed by atoms with Crippen LogP contribution in [0.3, 0.4) is 0 Å². The number of aromatic nitrogens is 2. The monoisotopic (exact) mass is 284 g/mol. The second-order valence-corrected chi connectivity index (χ2v) is 6.33. The molecule has 0 aliphatic carbocycles. The highest BCUT2D eigenvalue weighted by Gasteiger charge is 2.25. The van der Waals surface area contributed by atoms with Gasteiger partial charge in [-0.15, -0.1) is 0 Å². The van der Waals surface area contributed by atoms with Crippen LogP contribution in [0.5, 0.6) is 0 Å². The third kappa shape index (κ3) is 4.19. The lowest BCUT2D eigenvalue weighted by Gasteiger charge is -2.29. The van der Waals surface area contributed by atoms with Gasteiger partial charge in [0, 0.05) is 30.5 Å². The molecule has 1 N–H and O–H groups in total. The Labute approximate surface area is 119 Å². The second-order valence-electron chi connectivity index (χ2n) is 5.18. The third-order valence-corrected chi connectivity index (χ3v) is 4.42. The SMILES string of the molecule is CCCNC(C)Cc1nc(C2CSCCN2C)no1. The maximum Gasteiger partial charge on any atom is 0.228 e. The van der Waals surface area contributed by atoms with Gasteiger partial charge in [0.2, 0.25) is 5.89 Å². The Morgan fingerprint density at radius 1 is 1.58 bits per heavy atom. The van der Waals surface area contributed by atoms with Crippen molar-refractivity contribution in [3.63, 3.8) is 0 Å². The maximum atomic E-state index is 5.38. The van der Waals surface area contributed by atoms with Crippen LogP contribution in [0.15, 0.2) is 4.52 Å². The lowest BCUT2D eigenvalue weighted by molar-refractivity contribution is 0.256. The molecule has 5 nitrogen and oxygen atoms in total. The highest BCUT2D eigenvalue weighted by atomic mass is 32.2. The molecule has 1 aliphatic heterocycles. The van der Waals surface area contributed by atoms with Crippen LogP contribution in [0.25, 0.3) is 0 Å². The van der Waals surface area contributed by atoms with Crippen LogP contribution in [0.4, 0.5) is 0 Å². The zero-order valence-corrected chi connectivity index (χ0v) is 12.9. The molecule has 0 aromatic carbocycles. The van der Waals surface area contributed by atoms with Crippen molar-refractivity contribution in [3.8, 4) is 0 Å². The van der Waals surface area contributed by atoms with Gasteiger partial charge in [0.15, 0.2) is 5.82 Å². The summed E-state index contributed by atoms with van der Waals surface area (Å²) in [4.78, 5) is 6.87. The first-order chi connectivity index (χ1) is 9.20. The molecule has 1 aromatic rings. The molecule has 1 aromatic heterocycles. The van der Waals surface area contributed by atoms with E-state index < -0.39 is 0 Å². The van der Waals surface area contributed by atoms with E-state index >= 15 is 0 Å². The van der Waals surface area contributed by atoms with E-state index in [-0.39, 0.29) is 0 Å². The number of nitrogens with zero attached hydrogens (tertiary/aromatic N) is 3. The molecule has 108 valence electrons. The van der Waals surface area contributed by atoms with Gasteiger partial charge in [0.25, 0.3) is 0 Å². The lowest BCUT2D eigenvalue weighted by atomic mass is 10.2. The minimum atomic E-state index is 0.301. The quantitative estimate of drug-likeness (QED) is 0.858. The van der Waals surface area contributed by atoms with Gasteiger partial charge in [-0.3, -0.25) is 4.90 Å². The van der Waals surface area contributed by atoms with Crippen molar-refractivity contribution >= 4 is 11.8 Å². The average Bonchev–Trinajstić information content (AvgIpc) is 2.85. The van der Waals surface area contributed by atoms with Crippen LogP contribution in [0, 0.1) is 0 Å². The Morgan fingerprint density at radius 3 is 3.16 bits per heavy atom. The third-order valence-electron chi connectivity index (χ3n) is 3.40. The first kappa shape index (κ1) is 14.8. The molecular formula is C13H24N4OS. The average molecular weight is 284 g/mol. The van der Waals surface area contributed by atoms with Gasteiger partial charge in [-0.1, -0.05) is 12.1 Å². The van der Waals surface area contributed by atoms with Crippen molar-refractivity contribution < 1.29 is 4.52 Å². The van der Waals surface area contributed by atoms with Gasteiger partial charge in [-0.05, 0) is 26.9 Å². The summed E-state index contributed by atoms with van der Waals surface area (Å²) < 4.78 is 5.38. The molecular weight excluding hydrogens is 260 g/mol. The summed E-state index contributed by atoms with van der Waals surface area (Å²) in [7, 11) is 2.13. The van der Waals surface area contributed by atoms with Gasteiger partial charge in [0.1, 0.15) is 0 Å². The molecule has 2 rings (SSSR count). The summed E-state index contributed by atoms with van der Waals surface area (Å²) in [5, 5.41) is 7.59. The van der Waals surface area contributed by atoms with Gasteiger partial charge < -0.3 is 9.84 Å². The van der Waals surface area contributed by atoms with Gasteiger partial charge in [-0.2, -0.15) is 16.7 Å². The van der Waals surface area contributed by atoms with Crippen LogP contribution in [0.2, 0.25) is 0 Å². The zero-order chi connectivity index (χ0) is 13.7. The number of hydrogen-bond donors (Lipinski definition) is 1. The lowest BCUT2D eigenvalue weighted by Crippen LogP contribution is -2.33. The summed E-state index contributed by atoms with van der Waals surface area (Å²) in [6.07, 6.45) is 1.94. The van der Waals surface area contributed by atoms with Crippen LogP contribution in [-0.2, 0) is 6.42 Å². The van der Waals surface area contributed by atoms with E-state index in [0.717, 1.165) is 43.4 Å². The molecule has 0 bridgehead atoms. The van der Waals surface area contributed by atoms with Crippen molar-refractivity contribution in [2.75, 3.05) is 31.6 Å². The van der Waals surface area contributed by atoms with Crippen molar-refractivity contribution in [3.05, 3.63) is 11.7 Å². The number of rotatable bonds is 6. The Balaban J connectivity index is 1.91.